The number of carbonyl (C=O) groups excluding carboxylic acids is 1. The molecular formula is C20H19N7O. The first kappa shape index (κ1) is 17.5. The topological polar surface area (TPSA) is 136 Å². The summed E-state index contributed by atoms with van der Waals surface area (Å²) in [5.74, 6) is -0.334. The van der Waals surface area contributed by atoms with Crippen molar-refractivity contribution in [1.29, 1.82) is 0 Å². The van der Waals surface area contributed by atoms with E-state index in [0.717, 1.165) is 33.3 Å². The van der Waals surface area contributed by atoms with Crippen molar-refractivity contribution in [1.82, 2.24) is 20.2 Å². The molecule has 0 unspecified atom stereocenters. The maximum absolute atomic E-state index is 12.0. The number of carbonyl (C=O) groups is 1. The Hall–Kier alpha value is -3.94. The molecular weight excluding hydrogens is 354 g/mol. The van der Waals surface area contributed by atoms with Gasteiger partial charge in [-0.05, 0) is 30.7 Å². The van der Waals surface area contributed by atoms with Gasteiger partial charge in [0.25, 0.3) is 5.91 Å². The Kier molecular flexibility index (Phi) is 4.15. The van der Waals surface area contributed by atoms with Crippen LogP contribution in [0.5, 0.6) is 0 Å². The molecule has 0 saturated heterocycles. The lowest BCUT2D eigenvalue weighted by Gasteiger charge is -2.14. The third kappa shape index (κ3) is 2.81. The number of rotatable bonds is 4. The zero-order chi connectivity index (χ0) is 19.8. The van der Waals surface area contributed by atoms with E-state index < -0.39 is 5.91 Å². The number of H-pyrrole nitrogens is 1. The lowest BCUT2D eigenvalue weighted by Crippen LogP contribution is -2.18. The number of primary amides is 1. The van der Waals surface area contributed by atoms with Gasteiger partial charge in [-0.2, -0.15) is 5.10 Å². The molecule has 8 heteroatoms. The minimum absolute atomic E-state index is 0.00485. The highest BCUT2D eigenvalue weighted by Gasteiger charge is 2.21. The molecule has 4 aromatic rings. The standard InChI is InChI=1S/C20H19N7O/c1-10-6-7-14-13(9-24-27-14)15(10)17-16(21)18(19(22)28)26-20(25-17)11-4-3-5-12(8-11)23-2/h3-9,23H,21H2,1-2H3,(H2,22,28)(H,24,27). The predicted molar refractivity (Wildman–Crippen MR) is 110 cm³/mol. The van der Waals surface area contributed by atoms with Crippen LogP contribution in [0, 0.1) is 6.92 Å². The van der Waals surface area contributed by atoms with E-state index >= 15 is 0 Å². The zero-order valence-electron chi connectivity index (χ0n) is 15.4. The summed E-state index contributed by atoms with van der Waals surface area (Å²) in [5.41, 5.74) is 16.7. The fraction of sp³-hybridized carbons (Fsp3) is 0.100. The molecule has 0 bridgehead atoms. The number of amides is 1. The molecule has 1 amide bonds. The Labute approximate surface area is 161 Å². The molecule has 0 radical (unpaired) electrons. The van der Waals surface area contributed by atoms with E-state index in [2.05, 4.69) is 20.5 Å². The number of nitrogens with two attached hydrogens (primary N) is 2. The van der Waals surface area contributed by atoms with Crippen LogP contribution in [0.25, 0.3) is 33.5 Å². The van der Waals surface area contributed by atoms with Crippen LogP contribution < -0.4 is 16.8 Å². The van der Waals surface area contributed by atoms with Crippen molar-refractivity contribution < 1.29 is 4.79 Å². The Morgan fingerprint density at radius 1 is 1.18 bits per heavy atom. The van der Waals surface area contributed by atoms with Crippen molar-refractivity contribution in [2.45, 2.75) is 6.92 Å². The minimum atomic E-state index is -0.704. The number of nitrogens with one attached hydrogen (secondary N) is 2. The van der Waals surface area contributed by atoms with Gasteiger partial charge in [0.1, 0.15) is 0 Å². The van der Waals surface area contributed by atoms with E-state index in [1.807, 2.05) is 50.4 Å². The molecule has 0 saturated carbocycles. The maximum atomic E-state index is 12.0. The number of hydrogen-bond acceptors (Lipinski definition) is 6. The van der Waals surface area contributed by atoms with Crippen molar-refractivity contribution in [3.05, 3.63) is 53.9 Å². The first-order chi connectivity index (χ1) is 13.5. The molecule has 0 atom stereocenters. The van der Waals surface area contributed by atoms with Gasteiger partial charge in [0.05, 0.1) is 23.1 Å². The fourth-order valence-corrected chi connectivity index (χ4v) is 3.23. The molecule has 2 aromatic carbocycles. The molecule has 8 nitrogen and oxygen atoms in total. The van der Waals surface area contributed by atoms with Crippen LogP contribution in [-0.2, 0) is 0 Å². The molecule has 6 N–H and O–H groups in total. The minimum Gasteiger partial charge on any atom is -0.395 e. The van der Waals surface area contributed by atoms with Gasteiger partial charge in [0.2, 0.25) is 0 Å². The van der Waals surface area contributed by atoms with Crippen LogP contribution in [0.2, 0.25) is 0 Å². The summed E-state index contributed by atoms with van der Waals surface area (Å²) < 4.78 is 0. The summed E-state index contributed by atoms with van der Waals surface area (Å²) in [6, 6.07) is 11.4. The Morgan fingerprint density at radius 3 is 2.75 bits per heavy atom. The van der Waals surface area contributed by atoms with Crippen molar-refractivity contribution in [2.75, 3.05) is 18.1 Å². The van der Waals surface area contributed by atoms with E-state index in [4.69, 9.17) is 16.5 Å². The summed E-state index contributed by atoms with van der Waals surface area (Å²) >= 11 is 0. The number of nitrogen functional groups attached to an aromatic ring is 1. The third-order valence-electron chi connectivity index (χ3n) is 4.66. The van der Waals surface area contributed by atoms with Gasteiger partial charge >= 0.3 is 0 Å². The van der Waals surface area contributed by atoms with Gasteiger partial charge < -0.3 is 16.8 Å². The first-order valence-corrected chi connectivity index (χ1v) is 8.68. The number of nitrogens with zero attached hydrogens (tertiary/aromatic N) is 3. The molecule has 2 aromatic heterocycles. The summed E-state index contributed by atoms with van der Waals surface area (Å²) in [4.78, 5) is 21.1. The van der Waals surface area contributed by atoms with E-state index in [1.54, 1.807) is 6.20 Å². The van der Waals surface area contributed by atoms with E-state index in [9.17, 15) is 4.79 Å². The maximum Gasteiger partial charge on any atom is 0.269 e. The molecule has 140 valence electrons. The van der Waals surface area contributed by atoms with Crippen molar-refractivity contribution >= 4 is 28.2 Å². The fourth-order valence-electron chi connectivity index (χ4n) is 3.23. The first-order valence-electron chi connectivity index (χ1n) is 8.68. The van der Waals surface area contributed by atoms with E-state index in [1.165, 1.54) is 0 Å². The van der Waals surface area contributed by atoms with Crippen LogP contribution in [-0.4, -0.2) is 33.1 Å². The van der Waals surface area contributed by atoms with Gasteiger partial charge in [-0.25, -0.2) is 9.97 Å². The average molecular weight is 373 g/mol. The van der Waals surface area contributed by atoms with Crippen molar-refractivity contribution in [3.8, 4) is 22.6 Å². The summed E-state index contributed by atoms with van der Waals surface area (Å²) in [6.45, 7) is 1.95. The van der Waals surface area contributed by atoms with Gasteiger partial charge in [0, 0.05) is 29.2 Å². The average Bonchev–Trinajstić information content (AvgIpc) is 3.17. The van der Waals surface area contributed by atoms with E-state index in [-0.39, 0.29) is 11.4 Å². The third-order valence-corrected chi connectivity index (χ3v) is 4.66. The van der Waals surface area contributed by atoms with Crippen LogP contribution in [0.1, 0.15) is 16.1 Å². The highest BCUT2D eigenvalue weighted by molar-refractivity contribution is 6.04. The number of aromatic nitrogens is 4. The monoisotopic (exact) mass is 373 g/mol. The quantitative estimate of drug-likeness (QED) is 0.434. The zero-order valence-corrected chi connectivity index (χ0v) is 15.4. The number of aryl methyl sites for hydroxylation is 1. The molecule has 0 fully saturated rings. The highest BCUT2D eigenvalue weighted by atomic mass is 16.1. The summed E-state index contributed by atoms with van der Waals surface area (Å²) in [7, 11) is 1.83. The van der Waals surface area contributed by atoms with Crippen molar-refractivity contribution in [2.24, 2.45) is 5.73 Å². The molecule has 4 rings (SSSR count). The van der Waals surface area contributed by atoms with Gasteiger partial charge in [-0.3, -0.25) is 9.89 Å². The van der Waals surface area contributed by atoms with E-state index in [0.29, 0.717) is 11.5 Å². The number of anilines is 2. The summed E-state index contributed by atoms with van der Waals surface area (Å²) in [5, 5.41) is 11.0. The van der Waals surface area contributed by atoms with Gasteiger partial charge in [0.15, 0.2) is 11.5 Å². The molecule has 28 heavy (non-hydrogen) atoms. The Morgan fingerprint density at radius 2 is 2.00 bits per heavy atom. The van der Waals surface area contributed by atoms with Crippen LogP contribution >= 0.6 is 0 Å². The van der Waals surface area contributed by atoms with Gasteiger partial charge in [-0.15, -0.1) is 0 Å². The number of fused-ring (bicyclic) bond motifs is 1. The molecule has 2 heterocycles. The predicted octanol–water partition coefficient (Wildman–Crippen LogP) is 2.72. The second-order valence-electron chi connectivity index (χ2n) is 6.44. The molecule has 0 aliphatic heterocycles. The second kappa shape index (κ2) is 6.66. The number of hydrogen-bond donors (Lipinski definition) is 4. The molecule has 0 aliphatic rings. The SMILES string of the molecule is CNc1cccc(-c2nc(C(N)=O)c(N)c(-c3c(C)ccc4[nH]ncc34)n2)c1. The largest absolute Gasteiger partial charge is 0.395 e. The lowest BCUT2D eigenvalue weighted by atomic mass is 9.99. The van der Waals surface area contributed by atoms with Crippen LogP contribution in [0.3, 0.4) is 0 Å². The molecule has 0 spiro atoms. The normalized spacial score (nSPS) is 10.9. The molecule has 0 aliphatic carbocycles. The smallest absolute Gasteiger partial charge is 0.269 e. The van der Waals surface area contributed by atoms with Gasteiger partial charge in [-0.1, -0.05) is 18.2 Å². The second-order valence-corrected chi connectivity index (χ2v) is 6.44. The Bertz CT molecular complexity index is 1210. The van der Waals surface area contributed by atoms with Crippen LogP contribution in [0.15, 0.2) is 42.6 Å². The van der Waals surface area contributed by atoms with Crippen molar-refractivity contribution in [3.63, 3.8) is 0 Å². The van der Waals surface area contributed by atoms with Crippen LogP contribution in [0.4, 0.5) is 11.4 Å². The lowest BCUT2D eigenvalue weighted by molar-refractivity contribution is 0.0996. The number of benzene rings is 2. The number of aromatic amines is 1. The highest BCUT2D eigenvalue weighted by Crippen LogP contribution is 2.35. The summed E-state index contributed by atoms with van der Waals surface area (Å²) in [6.07, 6.45) is 1.71. The Balaban J connectivity index is 2.04.